The topological polar surface area (TPSA) is 54.5 Å². The summed E-state index contributed by atoms with van der Waals surface area (Å²) in [4.78, 5) is 18.4. The van der Waals surface area contributed by atoms with E-state index in [0.29, 0.717) is 13.0 Å². The molecule has 2 aromatic rings. The van der Waals surface area contributed by atoms with Gasteiger partial charge in [0.05, 0.1) is 0 Å². The molecule has 1 N–H and O–H groups in total. The summed E-state index contributed by atoms with van der Waals surface area (Å²) in [5, 5.41) is 2.93. The molecule has 0 saturated carbocycles. The number of pyridine rings is 1. The smallest absolute Gasteiger partial charge is 0.261 e. The zero-order valence-electron chi connectivity index (χ0n) is 12.7. The highest BCUT2D eigenvalue weighted by molar-refractivity contribution is 5.82. The summed E-state index contributed by atoms with van der Waals surface area (Å²) in [5.74, 6) is 1.59. The molecule has 1 aromatic carbocycles. The van der Waals surface area contributed by atoms with Gasteiger partial charge < -0.3 is 15.0 Å². The van der Waals surface area contributed by atoms with Gasteiger partial charge in [0, 0.05) is 33.3 Å². The fourth-order valence-electron chi connectivity index (χ4n) is 2.45. The Balaban J connectivity index is 1.59. The Bertz CT molecular complexity index is 660. The molecule has 1 aliphatic rings. The highest BCUT2D eigenvalue weighted by Crippen LogP contribution is 2.28. The van der Waals surface area contributed by atoms with Crippen molar-refractivity contribution in [2.45, 2.75) is 19.1 Å². The lowest BCUT2D eigenvalue weighted by molar-refractivity contribution is -0.127. The molecule has 1 aromatic heterocycles. The Hall–Kier alpha value is -2.56. The van der Waals surface area contributed by atoms with Gasteiger partial charge in [-0.15, -0.1) is 0 Å². The van der Waals surface area contributed by atoms with Crippen molar-refractivity contribution in [3.8, 4) is 5.75 Å². The molecular weight excluding hydrogens is 278 g/mol. The summed E-state index contributed by atoms with van der Waals surface area (Å²) < 4.78 is 5.69. The summed E-state index contributed by atoms with van der Waals surface area (Å²) in [5.41, 5.74) is 2.10. The Labute approximate surface area is 129 Å². The summed E-state index contributed by atoms with van der Waals surface area (Å²) >= 11 is 0. The van der Waals surface area contributed by atoms with E-state index < -0.39 is 6.10 Å². The average Bonchev–Trinajstić information content (AvgIpc) is 2.97. The first kappa shape index (κ1) is 14.4. The molecule has 0 bridgehead atoms. The number of hydrogen-bond donors (Lipinski definition) is 1. The second kappa shape index (κ2) is 6.05. The maximum atomic E-state index is 12.2. The first-order chi connectivity index (χ1) is 10.6. The number of benzene rings is 1. The molecule has 0 saturated heterocycles. The molecule has 22 heavy (non-hydrogen) atoms. The Kier molecular flexibility index (Phi) is 3.96. The number of nitrogens with zero attached hydrogens (tertiary/aromatic N) is 2. The van der Waals surface area contributed by atoms with E-state index in [2.05, 4.69) is 10.3 Å². The van der Waals surface area contributed by atoms with Gasteiger partial charge in [0.1, 0.15) is 11.6 Å². The van der Waals surface area contributed by atoms with E-state index in [1.54, 1.807) is 6.20 Å². The zero-order valence-corrected chi connectivity index (χ0v) is 12.7. The molecule has 1 unspecified atom stereocenters. The number of amides is 1. The molecule has 3 rings (SSSR count). The fourth-order valence-corrected chi connectivity index (χ4v) is 2.45. The van der Waals surface area contributed by atoms with Crippen molar-refractivity contribution in [3.63, 3.8) is 0 Å². The van der Waals surface area contributed by atoms with Crippen LogP contribution in [0.3, 0.4) is 0 Å². The number of carbonyl (C=O) groups is 1. The average molecular weight is 297 g/mol. The third kappa shape index (κ3) is 3.03. The molecule has 1 aliphatic heterocycles. The predicted octanol–water partition coefficient (Wildman–Crippen LogP) is 1.77. The molecule has 2 heterocycles. The van der Waals surface area contributed by atoms with Gasteiger partial charge in [-0.1, -0.05) is 18.2 Å². The molecule has 5 nitrogen and oxygen atoms in total. The maximum absolute atomic E-state index is 12.2. The van der Waals surface area contributed by atoms with E-state index in [1.807, 2.05) is 55.4 Å². The number of ether oxygens (including phenoxy) is 1. The standard InChI is InChI=1S/C17H19N3O2/c1-20(2)16-9-12(7-8-18-16)11-19-17(21)15-10-13-5-3-4-6-14(13)22-15/h3-9,15H,10-11H2,1-2H3,(H,19,21). The zero-order chi connectivity index (χ0) is 15.5. The van der Waals surface area contributed by atoms with Crippen LogP contribution in [-0.2, 0) is 17.8 Å². The van der Waals surface area contributed by atoms with Crippen molar-refractivity contribution in [2.24, 2.45) is 0 Å². The second-order valence-corrected chi connectivity index (χ2v) is 5.55. The Morgan fingerprint density at radius 3 is 2.95 bits per heavy atom. The van der Waals surface area contributed by atoms with E-state index in [-0.39, 0.29) is 5.91 Å². The number of rotatable bonds is 4. The molecule has 1 atom stereocenters. The van der Waals surface area contributed by atoms with Crippen molar-refractivity contribution < 1.29 is 9.53 Å². The molecule has 0 spiro atoms. The molecule has 5 heteroatoms. The van der Waals surface area contributed by atoms with Crippen LogP contribution in [0.15, 0.2) is 42.6 Å². The van der Waals surface area contributed by atoms with Crippen molar-refractivity contribution in [1.29, 1.82) is 0 Å². The molecule has 1 amide bonds. The minimum absolute atomic E-state index is 0.0839. The highest BCUT2D eigenvalue weighted by Gasteiger charge is 2.28. The summed E-state index contributed by atoms with van der Waals surface area (Å²) in [6.07, 6.45) is 1.94. The van der Waals surface area contributed by atoms with E-state index in [4.69, 9.17) is 4.74 Å². The lowest BCUT2D eigenvalue weighted by atomic mass is 10.1. The highest BCUT2D eigenvalue weighted by atomic mass is 16.5. The fraction of sp³-hybridized carbons (Fsp3) is 0.294. The maximum Gasteiger partial charge on any atom is 0.261 e. The number of carbonyl (C=O) groups excluding carboxylic acids is 1. The normalized spacial score (nSPS) is 15.8. The molecular formula is C17H19N3O2. The van der Waals surface area contributed by atoms with Crippen LogP contribution in [0, 0.1) is 0 Å². The van der Waals surface area contributed by atoms with Gasteiger partial charge in [-0.05, 0) is 29.3 Å². The third-order valence-electron chi connectivity index (χ3n) is 3.67. The number of fused-ring (bicyclic) bond motifs is 1. The minimum Gasteiger partial charge on any atom is -0.480 e. The lowest BCUT2D eigenvalue weighted by Crippen LogP contribution is -2.37. The van der Waals surface area contributed by atoms with E-state index >= 15 is 0 Å². The molecule has 0 radical (unpaired) electrons. The van der Waals surface area contributed by atoms with Gasteiger partial charge in [0.25, 0.3) is 5.91 Å². The Morgan fingerprint density at radius 1 is 1.36 bits per heavy atom. The monoisotopic (exact) mass is 297 g/mol. The summed E-state index contributed by atoms with van der Waals surface area (Å²) in [7, 11) is 3.88. The van der Waals surface area contributed by atoms with Crippen LogP contribution < -0.4 is 15.0 Å². The van der Waals surface area contributed by atoms with Gasteiger partial charge in [-0.3, -0.25) is 4.79 Å². The molecule has 114 valence electrons. The van der Waals surface area contributed by atoms with Crippen molar-refractivity contribution in [1.82, 2.24) is 10.3 Å². The van der Waals surface area contributed by atoms with Crippen molar-refractivity contribution in [2.75, 3.05) is 19.0 Å². The van der Waals surface area contributed by atoms with Crippen molar-refractivity contribution >= 4 is 11.7 Å². The Morgan fingerprint density at radius 2 is 2.18 bits per heavy atom. The van der Waals surface area contributed by atoms with Crippen LogP contribution in [0.25, 0.3) is 0 Å². The number of aromatic nitrogens is 1. The van der Waals surface area contributed by atoms with Crippen LogP contribution in [0.4, 0.5) is 5.82 Å². The van der Waals surface area contributed by atoms with E-state index in [0.717, 1.165) is 22.7 Å². The number of hydrogen-bond acceptors (Lipinski definition) is 4. The molecule has 0 fully saturated rings. The van der Waals surface area contributed by atoms with Gasteiger partial charge in [0.15, 0.2) is 6.10 Å². The predicted molar refractivity (Wildman–Crippen MR) is 85.0 cm³/mol. The van der Waals surface area contributed by atoms with Crippen LogP contribution in [-0.4, -0.2) is 31.1 Å². The number of anilines is 1. The molecule has 0 aliphatic carbocycles. The van der Waals surface area contributed by atoms with Crippen molar-refractivity contribution in [3.05, 3.63) is 53.7 Å². The van der Waals surface area contributed by atoms with E-state index in [9.17, 15) is 4.79 Å². The minimum atomic E-state index is -0.437. The van der Waals surface area contributed by atoms with Crippen LogP contribution >= 0.6 is 0 Å². The van der Waals surface area contributed by atoms with Gasteiger partial charge in [0.2, 0.25) is 0 Å². The first-order valence-electron chi connectivity index (χ1n) is 7.28. The van der Waals surface area contributed by atoms with Crippen LogP contribution in [0.1, 0.15) is 11.1 Å². The van der Waals surface area contributed by atoms with Gasteiger partial charge in [-0.2, -0.15) is 0 Å². The van der Waals surface area contributed by atoms with E-state index in [1.165, 1.54) is 0 Å². The van der Waals surface area contributed by atoms with Gasteiger partial charge in [-0.25, -0.2) is 4.98 Å². The largest absolute Gasteiger partial charge is 0.480 e. The number of nitrogens with one attached hydrogen (secondary N) is 1. The number of para-hydroxylation sites is 1. The summed E-state index contributed by atoms with van der Waals surface area (Å²) in [6, 6.07) is 11.6. The quantitative estimate of drug-likeness (QED) is 0.934. The van der Waals surface area contributed by atoms with Crippen LogP contribution in [0.2, 0.25) is 0 Å². The second-order valence-electron chi connectivity index (χ2n) is 5.55. The van der Waals surface area contributed by atoms with Gasteiger partial charge >= 0.3 is 0 Å². The lowest BCUT2D eigenvalue weighted by Gasteiger charge is -2.14. The third-order valence-corrected chi connectivity index (χ3v) is 3.67. The first-order valence-corrected chi connectivity index (χ1v) is 7.28. The van der Waals surface area contributed by atoms with Crippen LogP contribution in [0.5, 0.6) is 5.75 Å². The SMILES string of the molecule is CN(C)c1cc(CNC(=O)C2Cc3ccccc3O2)ccn1. The summed E-state index contributed by atoms with van der Waals surface area (Å²) in [6.45, 7) is 0.471.